The van der Waals surface area contributed by atoms with Gasteiger partial charge in [-0.05, 0) is 50.9 Å². The normalized spacial score (nSPS) is 12.2. The Bertz CT molecular complexity index is 572. The lowest BCUT2D eigenvalue weighted by Gasteiger charge is -2.16. The molecule has 0 bridgehead atoms. The summed E-state index contributed by atoms with van der Waals surface area (Å²) in [4.78, 5) is 0. The zero-order valence-corrected chi connectivity index (χ0v) is 13.4. The SMILES string of the molecule is COc1ccccc1CCNC(C)c1cc(C)cc(C)c1. The monoisotopic (exact) mass is 283 g/mol. The molecule has 0 amide bonds. The van der Waals surface area contributed by atoms with Crippen LogP contribution in [0.25, 0.3) is 0 Å². The minimum absolute atomic E-state index is 0.360. The van der Waals surface area contributed by atoms with Crippen molar-refractivity contribution in [2.24, 2.45) is 0 Å². The third-order valence-electron chi connectivity index (χ3n) is 3.78. The second-order valence-corrected chi connectivity index (χ2v) is 5.66. The molecule has 0 fully saturated rings. The molecule has 0 aliphatic rings. The molecule has 0 radical (unpaired) electrons. The number of benzene rings is 2. The van der Waals surface area contributed by atoms with Crippen LogP contribution in [-0.4, -0.2) is 13.7 Å². The van der Waals surface area contributed by atoms with Gasteiger partial charge in [-0.25, -0.2) is 0 Å². The van der Waals surface area contributed by atoms with Gasteiger partial charge in [-0.2, -0.15) is 0 Å². The Labute approximate surface area is 128 Å². The maximum atomic E-state index is 5.39. The maximum Gasteiger partial charge on any atom is 0.122 e. The lowest BCUT2D eigenvalue weighted by Crippen LogP contribution is -2.21. The van der Waals surface area contributed by atoms with E-state index in [1.165, 1.54) is 22.3 Å². The van der Waals surface area contributed by atoms with Gasteiger partial charge in [-0.3, -0.25) is 0 Å². The molecule has 0 saturated carbocycles. The highest BCUT2D eigenvalue weighted by atomic mass is 16.5. The standard InChI is InChI=1S/C19H25NO/c1-14-11-15(2)13-18(12-14)16(3)20-10-9-17-7-5-6-8-19(17)21-4/h5-8,11-13,16,20H,9-10H2,1-4H3. The van der Waals surface area contributed by atoms with Crippen LogP contribution in [0.1, 0.15) is 35.2 Å². The van der Waals surface area contributed by atoms with Crippen molar-refractivity contribution in [2.75, 3.05) is 13.7 Å². The minimum atomic E-state index is 0.360. The topological polar surface area (TPSA) is 21.3 Å². The third-order valence-corrected chi connectivity index (χ3v) is 3.78. The summed E-state index contributed by atoms with van der Waals surface area (Å²) in [5.74, 6) is 0.971. The number of para-hydroxylation sites is 1. The Morgan fingerprint density at radius 1 is 1.05 bits per heavy atom. The Balaban J connectivity index is 1.93. The van der Waals surface area contributed by atoms with Gasteiger partial charge in [0.1, 0.15) is 5.75 Å². The van der Waals surface area contributed by atoms with Crippen LogP contribution in [0, 0.1) is 13.8 Å². The van der Waals surface area contributed by atoms with Gasteiger partial charge in [0.15, 0.2) is 0 Å². The number of ether oxygens (including phenoxy) is 1. The van der Waals surface area contributed by atoms with Crippen molar-refractivity contribution < 1.29 is 4.74 Å². The van der Waals surface area contributed by atoms with Crippen LogP contribution in [0.4, 0.5) is 0 Å². The van der Waals surface area contributed by atoms with Gasteiger partial charge in [0, 0.05) is 6.04 Å². The van der Waals surface area contributed by atoms with Crippen LogP contribution in [0.5, 0.6) is 5.75 Å². The summed E-state index contributed by atoms with van der Waals surface area (Å²) in [5, 5.41) is 3.60. The van der Waals surface area contributed by atoms with Crippen LogP contribution in [0.15, 0.2) is 42.5 Å². The van der Waals surface area contributed by atoms with E-state index in [9.17, 15) is 0 Å². The van der Waals surface area contributed by atoms with Crippen LogP contribution in [-0.2, 0) is 6.42 Å². The number of methoxy groups -OCH3 is 1. The highest BCUT2D eigenvalue weighted by Crippen LogP contribution is 2.19. The molecule has 2 aromatic rings. The number of hydrogen-bond acceptors (Lipinski definition) is 2. The van der Waals surface area contributed by atoms with Gasteiger partial charge >= 0.3 is 0 Å². The first kappa shape index (κ1) is 15.6. The molecule has 0 aliphatic carbocycles. The van der Waals surface area contributed by atoms with E-state index in [1.807, 2.05) is 12.1 Å². The van der Waals surface area contributed by atoms with Crippen molar-refractivity contribution >= 4 is 0 Å². The van der Waals surface area contributed by atoms with Crippen LogP contribution in [0.3, 0.4) is 0 Å². The van der Waals surface area contributed by atoms with E-state index < -0.39 is 0 Å². The lowest BCUT2D eigenvalue weighted by molar-refractivity contribution is 0.408. The summed E-state index contributed by atoms with van der Waals surface area (Å²) < 4.78 is 5.39. The van der Waals surface area contributed by atoms with Gasteiger partial charge in [0.05, 0.1) is 7.11 Å². The van der Waals surface area contributed by atoms with Crippen LogP contribution >= 0.6 is 0 Å². The predicted octanol–water partition coefficient (Wildman–Crippen LogP) is 4.21. The van der Waals surface area contributed by atoms with E-state index in [0.717, 1.165) is 18.7 Å². The Hall–Kier alpha value is -1.80. The highest BCUT2D eigenvalue weighted by molar-refractivity contribution is 5.33. The summed E-state index contributed by atoms with van der Waals surface area (Å²) in [6.07, 6.45) is 0.971. The van der Waals surface area contributed by atoms with Crippen LogP contribution in [0.2, 0.25) is 0 Å². The van der Waals surface area contributed by atoms with Crippen molar-refractivity contribution in [3.05, 3.63) is 64.7 Å². The van der Waals surface area contributed by atoms with Crippen molar-refractivity contribution in [3.8, 4) is 5.75 Å². The molecule has 21 heavy (non-hydrogen) atoms. The molecule has 2 nitrogen and oxygen atoms in total. The van der Waals surface area contributed by atoms with E-state index in [4.69, 9.17) is 4.74 Å². The zero-order valence-electron chi connectivity index (χ0n) is 13.4. The second kappa shape index (κ2) is 7.28. The fraction of sp³-hybridized carbons (Fsp3) is 0.368. The quantitative estimate of drug-likeness (QED) is 0.857. The summed E-state index contributed by atoms with van der Waals surface area (Å²) in [6, 6.07) is 15.3. The van der Waals surface area contributed by atoms with Gasteiger partial charge < -0.3 is 10.1 Å². The molecule has 0 saturated heterocycles. The molecule has 0 spiro atoms. The largest absolute Gasteiger partial charge is 0.496 e. The molecule has 2 aromatic carbocycles. The van der Waals surface area contributed by atoms with Crippen molar-refractivity contribution in [3.63, 3.8) is 0 Å². The number of rotatable bonds is 6. The molecule has 0 aromatic heterocycles. The van der Waals surface area contributed by atoms with Crippen molar-refractivity contribution in [2.45, 2.75) is 33.2 Å². The van der Waals surface area contributed by atoms with E-state index in [1.54, 1.807) is 7.11 Å². The first-order chi connectivity index (χ1) is 10.1. The Morgan fingerprint density at radius 3 is 2.38 bits per heavy atom. The van der Waals surface area contributed by atoms with Gasteiger partial charge in [0.25, 0.3) is 0 Å². The first-order valence-electron chi connectivity index (χ1n) is 7.53. The molecule has 2 rings (SSSR count). The fourth-order valence-electron chi connectivity index (χ4n) is 2.71. The average Bonchev–Trinajstić information content (AvgIpc) is 2.46. The maximum absolute atomic E-state index is 5.39. The molecule has 112 valence electrons. The molecule has 2 heteroatoms. The molecule has 0 heterocycles. The molecule has 0 aliphatic heterocycles. The Morgan fingerprint density at radius 2 is 1.71 bits per heavy atom. The minimum Gasteiger partial charge on any atom is -0.496 e. The predicted molar refractivity (Wildman–Crippen MR) is 89.0 cm³/mol. The average molecular weight is 283 g/mol. The lowest BCUT2D eigenvalue weighted by atomic mass is 10.0. The highest BCUT2D eigenvalue weighted by Gasteiger charge is 2.07. The Kier molecular flexibility index (Phi) is 5.40. The molecule has 1 atom stereocenters. The summed E-state index contributed by atoms with van der Waals surface area (Å²) in [5.41, 5.74) is 5.25. The third kappa shape index (κ3) is 4.33. The molecule has 1 unspecified atom stereocenters. The number of nitrogens with one attached hydrogen (secondary N) is 1. The first-order valence-corrected chi connectivity index (χ1v) is 7.53. The molecular weight excluding hydrogens is 258 g/mol. The van der Waals surface area contributed by atoms with E-state index in [0.29, 0.717) is 6.04 Å². The second-order valence-electron chi connectivity index (χ2n) is 5.66. The fourth-order valence-corrected chi connectivity index (χ4v) is 2.71. The number of aryl methyl sites for hydroxylation is 2. The van der Waals surface area contributed by atoms with E-state index >= 15 is 0 Å². The van der Waals surface area contributed by atoms with Gasteiger partial charge in [-0.1, -0.05) is 47.5 Å². The zero-order chi connectivity index (χ0) is 15.2. The smallest absolute Gasteiger partial charge is 0.122 e. The van der Waals surface area contributed by atoms with Crippen molar-refractivity contribution in [1.29, 1.82) is 0 Å². The van der Waals surface area contributed by atoms with Crippen molar-refractivity contribution in [1.82, 2.24) is 5.32 Å². The van der Waals surface area contributed by atoms with E-state index in [-0.39, 0.29) is 0 Å². The van der Waals surface area contributed by atoms with Crippen LogP contribution < -0.4 is 10.1 Å². The summed E-state index contributed by atoms with van der Waals surface area (Å²) >= 11 is 0. The molecule has 1 N–H and O–H groups in total. The summed E-state index contributed by atoms with van der Waals surface area (Å²) in [6.45, 7) is 7.46. The molecular formula is C19H25NO. The van der Waals surface area contributed by atoms with Gasteiger partial charge in [0.2, 0.25) is 0 Å². The summed E-state index contributed by atoms with van der Waals surface area (Å²) in [7, 11) is 1.73. The van der Waals surface area contributed by atoms with E-state index in [2.05, 4.69) is 56.4 Å². The number of hydrogen-bond donors (Lipinski definition) is 1. The van der Waals surface area contributed by atoms with Gasteiger partial charge in [-0.15, -0.1) is 0 Å².